The summed E-state index contributed by atoms with van der Waals surface area (Å²) in [6, 6.07) is 7.90. The van der Waals surface area contributed by atoms with Crippen LogP contribution in [-0.2, 0) is 13.1 Å². The van der Waals surface area contributed by atoms with Gasteiger partial charge in [0.15, 0.2) is 0 Å². The van der Waals surface area contributed by atoms with Crippen LogP contribution in [0.5, 0.6) is 11.5 Å². The first-order valence-electron chi connectivity index (χ1n) is 8.97. The molecule has 0 amide bonds. The van der Waals surface area contributed by atoms with E-state index in [-0.39, 0.29) is 21.4 Å². The molecule has 1 aliphatic carbocycles. The first-order chi connectivity index (χ1) is 12.5. The molecule has 0 spiro atoms. The van der Waals surface area contributed by atoms with Crippen molar-refractivity contribution in [3.8, 4) is 11.5 Å². The highest BCUT2D eigenvalue weighted by Crippen LogP contribution is 2.30. The van der Waals surface area contributed by atoms with E-state index in [1.165, 1.54) is 55.6 Å². The maximum absolute atomic E-state index is 10.9. The second-order valence-electron chi connectivity index (χ2n) is 6.98. The number of hydrogen-bond donors (Lipinski definition) is 2. The SMILES string of the molecule is O=[N+]([O-])c1ccc(CN(Cc2cc(O)ccc2O)CC2CCCCC2)s1. The molecule has 0 unspecified atom stereocenters. The largest absolute Gasteiger partial charge is 0.508 e. The van der Waals surface area contributed by atoms with Gasteiger partial charge in [0.1, 0.15) is 11.5 Å². The van der Waals surface area contributed by atoms with Gasteiger partial charge < -0.3 is 10.2 Å². The van der Waals surface area contributed by atoms with Crippen molar-refractivity contribution in [2.45, 2.75) is 45.2 Å². The number of nitro groups is 1. The van der Waals surface area contributed by atoms with Crippen LogP contribution in [0.1, 0.15) is 42.5 Å². The number of phenols is 2. The van der Waals surface area contributed by atoms with Crippen LogP contribution in [0.25, 0.3) is 0 Å². The van der Waals surface area contributed by atoms with Gasteiger partial charge in [-0.15, -0.1) is 0 Å². The molecule has 3 rings (SSSR count). The van der Waals surface area contributed by atoms with Gasteiger partial charge in [0.05, 0.1) is 4.92 Å². The molecule has 26 heavy (non-hydrogen) atoms. The monoisotopic (exact) mass is 376 g/mol. The van der Waals surface area contributed by atoms with Gasteiger partial charge in [0.25, 0.3) is 0 Å². The molecule has 0 bridgehead atoms. The van der Waals surface area contributed by atoms with Crippen molar-refractivity contribution in [3.05, 3.63) is 50.9 Å². The average molecular weight is 376 g/mol. The Morgan fingerprint density at radius 1 is 1.12 bits per heavy atom. The van der Waals surface area contributed by atoms with Gasteiger partial charge in [-0.2, -0.15) is 0 Å². The van der Waals surface area contributed by atoms with Crippen molar-refractivity contribution in [2.24, 2.45) is 5.92 Å². The molecule has 1 fully saturated rings. The number of nitrogens with zero attached hydrogens (tertiary/aromatic N) is 2. The average Bonchev–Trinajstić information content (AvgIpc) is 3.08. The zero-order valence-corrected chi connectivity index (χ0v) is 15.5. The van der Waals surface area contributed by atoms with Crippen molar-refractivity contribution in [1.29, 1.82) is 0 Å². The fourth-order valence-corrected chi connectivity index (χ4v) is 4.49. The van der Waals surface area contributed by atoms with Crippen LogP contribution < -0.4 is 0 Å². The van der Waals surface area contributed by atoms with Gasteiger partial charge >= 0.3 is 5.00 Å². The predicted molar refractivity (Wildman–Crippen MR) is 101 cm³/mol. The highest BCUT2D eigenvalue weighted by molar-refractivity contribution is 7.15. The van der Waals surface area contributed by atoms with Crippen LogP contribution in [0, 0.1) is 16.0 Å². The summed E-state index contributed by atoms with van der Waals surface area (Å²) in [7, 11) is 0. The molecule has 0 atom stereocenters. The summed E-state index contributed by atoms with van der Waals surface area (Å²) in [6.07, 6.45) is 6.20. The summed E-state index contributed by atoms with van der Waals surface area (Å²) in [5, 5.41) is 30.9. The van der Waals surface area contributed by atoms with Crippen molar-refractivity contribution in [3.63, 3.8) is 0 Å². The molecule has 140 valence electrons. The quantitative estimate of drug-likeness (QED) is 0.417. The molecule has 1 heterocycles. The second-order valence-corrected chi connectivity index (χ2v) is 8.13. The van der Waals surface area contributed by atoms with E-state index in [4.69, 9.17) is 0 Å². The van der Waals surface area contributed by atoms with Crippen LogP contribution in [0.4, 0.5) is 5.00 Å². The molecule has 0 saturated heterocycles. The Bertz CT molecular complexity index is 756. The Labute approximate surface area is 156 Å². The third-order valence-corrected chi connectivity index (χ3v) is 5.93. The Kier molecular flexibility index (Phi) is 6.11. The molecule has 2 N–H and O–H groups in total. The second kappa shape index (κ2) is 8.51. The third-order valence-electron chi connectivity index (χ3n) is 4.91. The smallest absolute Gasteiger partial charge is 0.324 e. The fraction of sp³-hybridized carbons (Fsp3) is 0.474. The van der Waals surface area contributed by atoms with E-state index in [9.17, 15) is 20.3 Å². The zero-order chi connectivity index (χ0) is 18.5. The van der Waals surface area contributed by atoms with Crippen LogP contribution in [0.15, 0.2) is 30.3 Å². The summed E-state index contributed by atoms with van der Waals surface area (Å²) < 4.78 is 0. The summed E-state index contributed by atoms with van der Waals surface area (Å²) in [5.74, 6) is 0.897. The van der Waals surface area contributed by atoms with Gasteiger partial charge in [-0.1, -0.05) is 30.6 Å². The highest BCUT2D eigenvalue weighted by Gasteiger charge is 2.20. The molecule has 1 aromatic carbocycles. The van der Waals surface area contributed by atoms with Crippen LogP contribution in [0.3, 0.4) is 0 Å². The van der Waals surface area contributed by atoms with Crippen LogP contribution in [0.2, 0.25) is 0 Å². The molecule has 2 aromatic rings. The van der Waals surface area contributed by atoms with Gasteiger partial charge in [-0.25, -0.2) is 0 Å². The van der Waals surface area contributed by atoms with E-state index >= 15 is 0 Å². The van der Waals surface area contributed by atoms with Crippen LogP contribution in [-0.4, -0.2) is 26.6 Å². The Hall–Kier alpha value is -2.12. The van der Waals surface area contributed by atoms with Crippen molar-refractivity contribution < 1.29 is 15.1 Å². The molecule has 7 heteroatoms. The number of benzene rings is 1. The van der Waals surface area contributed by atoms with Gasteiger partial charge in [-0.05, 0) is 43.0 Å². The fourth-order valence-electron chi connectivity index (χ4n) is 3.63. The first kappa shape index (κ1) is 18.7. The molecule has 6 nitrogen and oxygen atoms in total. The number of rotatable bonds is 7. The van der Waals surface area contributed by atoms with E-state index in [2.05, 4.69) is 4.90 Å². The molecular formula is C19H24N2O4S. The number of hydrogen-bond acceptors (Lipinski definition) is 6. The standard InChI is InChI=1S/C19H24N2O4S/c22-16-6-8-18(23)15(10-16)12-20(11-14-4-2-1-3-5-14)13-17-7-9-19(26-17)21(24)25/h6-10,14,22-23H,1-5,11-13H2. The molecular weight excluding hydrogens is 352 g/mol. The van der Waals surface area contributed by atoms with E-state index in [0.29, 0.717) is 24.6 Å². The third kappa shape index (κ3) is 4.95. The minimum absolute atomic E-state index is 0.127. The Morgan fingerprint density at radius 2 is 1.88 bits per heavy atom. The normalized spacial score (nSPS) is 15.4. The van der Waals surface area contributed by atoms with Crippen LogP contribution >= 0.6 is 11.3 Å². The maximum atomic E-state index is 10.9. The lowest BCUT2D eigenvalue weighted by Gasteiger charge is -2.29. The van der Waals surface area contributed by atoms with Crippen molar-refractivity contribution in [1.82, 2.24) is 4.90 Å². The summed E-state index contributed by atoms with van der Waals surface area (Å²) in [5.41, 5.74) is 0.673. The van der Waals surface area contributed by atoms with Gasteiger partial charge in [-0.3, -0.25) is 15.0 Å². The zero-order valence-electron chi connectivity index (χ0n) is 14.6. The number of thiophene rings is 1. The molecule has 0 aliphatic heterocycles. The molecule has 0 radical (unpaired) electrons. The van der Waals surface area contributed by atoms with Gasteiger partial charge in [0.2, 0.25) is 0 Å². The number of aromatic hydroxyl groups is 2. The molecule has 1 saturated carbocycles. The minimum atomic E-state index is -0.360. The Balaban J connectivity index is 1.75. The predicted octanol–water partition coefficient (Wildman–Crippen LogP) is 4.65. The lowest BCUT2D eigenvalue weighted by Crippen LogP contribution is -2.29. The maximum Gasteiger partial charge on any atom is 0.324 e. The van der Waals surface area contributed by atoms with E-state index in [1.807, 2.05) is 0 Å². The number of phenolic OH excluding ortho intramolecular Hbond substituents is 2. The van der Waals surface area contributed by atoms with E-state index in [1.54, 1.807) is 18.2 Å². The topological polar surface area (TPSA) is 86.8 Å². The first-order valence-corrected chi connectivity index (χ1v) is 9.79. The molecule has 1 aliphatic rings. The van der Waals surface area contributed by atoms with Crippen molar-refractivity contribution >= 4 is 16.3 Å². The van der Waals surface area contributed by atoms with Gasteiger partial charge in [0, 0.05) is 36.1 Å². The molecule has 1 aromatic heterocycles. The summed E-state index contributed by atoms with van der Waals surface area (Å²) in [6.45, 7) is 1.99. The Morgan fingerprint density at radius 3 is 2.58 bits per heavy atom. The highest BCUT2D eigenvalue weighted by atomic mass is 32.1. The lowest BCUT2D eigenvalue weighted by molar-refractivity contribution is -0.380. The van der Waals surface area contributed by atoms with Crippen molar-refractivity contribution in [2.75, 3.05) is 6.54 Å². The summed E-state index contributed by atoms with van der Waals surface area (Å²) in [4.78, 5) is 13.7. The van der Waals surface area contributed by atoms with E-state index < -0.39 is 0 Å². The minimum Gasteiger partial charge on any atom is -0.508 e. The van der Waals surface area contributed by atoms with E-state index in [0.717, 1.165) is 11.4 Å². The lowest BCUT2D eigenvalue weighted by atomic mass is 9.89. The summed E-state index contributed by atoms with van der Waals surface area (Å²) >= 11 is 1.20.